The van der Waals surface area contributed by atoms with Crippen molar-refractivity contribution in [2.45, 2.75) is 4.90 Å². The molecule has 3 aromatic carbocycles. The molecule has 3 N–H and O–H groups in total. The molecular formula is C20H17ClFN3O4S. The largest absolute Gasteiger partial charge is 0.495 e. The summed E-state index contributed by atoms with van der Waals surface area (Å²) in [6.45, 7) is 0. The molecule has 0 saturated heterocycles. The van der Waals surface area contributed by atoms with E-state index in [1.807, 2.05) is 0 Å². The maximum atomic E-state index is 13.0. The van der Waals surface area contributed by atoms with E-state index in [4.69, 9.17) is 16.3 Å². The Morgan fingerprint density at radius 1 is 0.967 bits per heavy atom. The van der Waals surface area contributed by atoms with E-state index in [9.17, 15) is 17.6 Å². The third-order valence-corrected chi connectivity index (χ3v) is 5.64. The van der Waals surface area contributed by atoms with E-state index >= 15 is 0 Å². The van der Waals surface area contributed by atoms with E-state index in [0.29, 0.717) is 5.69 Å². The second-order valence-corrected chi connectivity index (χ2v) is 8.12. The van der Waals surface area contributed by atoms with E-state index in [0.717, 1.165) is 0 Å². The normalized spacial score (nSPS) is 10.9. The van der Waals surface area contributed by atoms with Crippen LogP contribution in [0.4, 0.5) is 26.2 Å². The lowest BCUT2D eigenvalue weighted by molar-refractivity contribution is 0.262. The highest BCUT2D eigenvalue weighted by molar-refractivity contribution is 7.92. The van der Waals surface area contributed by atoms with Gasteiger partial charge in [-0.25, -0.2) is 17.6 Å². The summed E-state index contributed by atoms with van der Waals surface area (Å²) < 4.78 is 46.1. The number of para-hydroxylation sites is 1. The Hall–Kier alpha value is -3.30. The smallest absolute Gasteiger partial charge is 0.323 e. The van der Waals surface area contributed by atoms with Crippen LogP contribution in [-0.4, -0.2) is 21.6 Å². The fourth-order valence-electron chi connectivity index (χ4n) is 2.52. The molecule has 0 atom stereocenters. The van der Waals surface area contributed by atoms with Crippen molar-refractivity contribution < 1.29 is 22.3 Å². The molecule has 156 valence electrons. The van der Waals surface area contributed by atoms with Gasteiger partial charge >= 0.3 is 6.03 Å². The van der Waals surface area contributed by atoms with Crippen LogP contribution in [0.1, 0.15) is 0 Å². The van der Waals surface area contributed by atoms with Crippen LogP contribution in [0.25, 0.3) is 0 Å². The minimum atomic E-state index is -3.99. The topological polar surface area (TPSA) is 96.5 Å². The van der Waals surface area contributed by atoms with Crippen molar-refractivity contribution in [2.75, 3.05) is 22.5 Å². The van der Waals surface area contributed by atoms with E-state index in [1.165, 1.54) is 55.6 Å². The van der Waals surface area contributed by atoms with Gasteiger partial charge in [-0.05, 0) is 54.6 Å². The summed E-state index contributed by atoms with van der Waals surface area (Å²) in [6, 6.07) is 14.9. The molecule has 0 spiro atoms. The monoisotopic (exact) mass is 449 g/mol. The van der Waals surface area contributed by atoms with Crippen molar-refractivity contribution in [1.82, 2.24) is 0 Å². The fourth-order valence-corrected chi connectivity index (χ4v) is 3.86. The van der Waals surface area contributed by atoms with Crippen molar-refractivity contribution in [3.05, 3.63) is 77.6 Å². The molecule has 30 heavy (non-hydrogen) atoms. The lowest BCUT2D eigenvalue weighted by Crippen LogP contribution is -2.20. The molecule has 0 radical (unpaired) electrons. The van der Waals surface area contributed by atoms with Crippen LogP contribution in [0.2, 0.25) is 5.02 Å². The average Bonchev–Trinajstić information content (AvgIpc) is 2.71. The first kappa shape index (κ1) is 21.4. The van der Waals surface area contributed by atoms with Gasteiger partial charge in [0, 0.05) is 5.69 Å². The number of amides is 2. The van der Waals surface area contributed by atoms with Crippen LogP contribution in [0.15, 0.2) is 71.6 Å². The zero-order chi connectivity index (χ0) is 21.7. The Labute approximate surface area is 177 Å². The zero-order valence-electron chi connectivity index (χ0n) is 15.6. The molecular weight excluding hydrogens is 433 g/mol. The number of carbonyl (C=O) groups is 1. The van der Waals surface area contributed by atoms with Crippen molar-refractivity contribution in [1.29, 1.82) is 0 Å². The van der Waals surface area contributed by atoms with Gasteiger partial charge in [-0.1, -0.05) is 23.7 Å². The van der Waals surface area contributed by atoms with Crippen LogP contribution in [0.3, 0.4) is 0 Å². The summed E-state index contributed by atoms with van der Waals surface area (Å²) in [5.74, 6) is -0.187. The molecule has 0 aliphatic rings. The Bertz CT molecular complexity index is 1170. The number of rotatable bonds is 6. The van der Waals surface area contributed by atoms with Gasteiger partial charge in [0.05, 0.1) is 28.4 Å². The number of halogens is 2. The van der Waals surface area contributed by atoms with Crippen molar-refractivity contribution >= 4 is 44.7 Å². The van der Waals surface area contributed by atoms with Gasteiger partial charge in [-0.2, -0.15) is 0 Å². The van der Waals surface area contributed by atoms with Gasteiger partial charge in [0.2, 0.25) is 0 Å². The molecule has 3 rings (SSSR count). The van der Waals surface area contributed by atoms with Crippen LogP contribution >= 0.6 is 11.6 Å². The van der Waals surface area contributed by atoms with E-state index in [-0.39, 0.29) is 27.0 Å². The third-order valence-electron chi connectivity index (χ3n) is 3.95. The SMILES string of the molecule is COc1ccc(S(=O)(=O)Nc2ccccc2Cl)cc1NC(=O)Nc1ccc(F)cc1. The minimum Gasteiger partial charge on any atom is -0.495 e. The summed E-state index contributed by atoms with van der Waals surface area (Å²) in [5, 5.41) is 5.29. The van der Waals surface area contributed by atoms with Gasteiger partial charge < -0.3 is 15.4 Å². The number of benzene rings is 3. The van der Waals surface area contributed by atoms with E-state index in [2.05, 4.69) is 15.4 Å². The first-order chi connectivity index (χ1) is 14.3. The summed E-state index contributed by atoms with van der Waals surface area (Å²) >= 11 is 6.02. The lowest BCUT2D eigenvalue weighted by Gasteiger charge is -2.14. The number of carbonyl (C=O) groups excluding carboxylic acids is 1. The molecule has 0 aliphatic heterocycles. The van der Waals surface area contributed by atoms with Gasteiger partial charge in [0.25, 0.3) is 10.0 Å². The Morgan fingerprint density at radius 3 is 2.33 bits per heavy atom. The zero-order valence-corrected chi connectivity index (χ0v) is 17.2. The number of nitrogens with one attached hydrogen (secondary N) is 3. The summed E-state index contributed by atoms with van der Waals surface area (Å²) in [6.07, 6.45) is 0. The molecule has 2 amide bonds. The molecule has 0 fully saturated rings. The first-order valence-electron chi connectivity index (χ1n) is 8.57. The van der Waals surface area contributed by atoms with Crippen molar-refractivity contribution in [3.63, 3.8) is 0 Å². The van der Waals surface area contributed by atoms with Gasteiger partial charge in [0.1, 0.15) is 11.6 Å². The maximum Gasteiger partial charge on any atom is 0.323 e. The Kier molecular flexibility index (Phi) is 6.43. The number of hydrogen-bond donors (Lipinski definition) is 3. The van der Waals surface area contributed by atoms with Crippen LogP contribution in [-0.2, 0) is 10.0 Å². The molecule has 0 aromatic heterocycles. The Balaban J connectivity index is 1.83. The number of urea groups is 1. The quantitative estimate of drug-likeness (QED) is 0.497. The maximum absolute atomic E-state index is 13.0. The molecule has 0 saturated carbocycles. The van der Waals surface area contributed by atoms with Crippen LogP contribution < -0.4 is 20.1 Å². The predicted octanol–water partition coefficient (Wildman–Crippen LogP) is 4.93. The third kappa shape index (κ3) is 5.19. The standard InChI is InChI=1S/C20H17ClFN3O4S/c1-29-19-11-10-15(30(27,28)25-17-5-3-2-4-16(17)21)12-18(19)24-20(26)23-14-8-6-13(22)7-9-14/h2-12,25H,1H3,(H2,23,24,26). The molecule has 10 heteroatoms. The highest BCUT2D eigenvalue weighted by atomic mass is 35.5. The van der Waals surface area contributed by atoms with E-state index in [1.54, 1.807) is 18.2 Å². The van der Waals surface area contributed by atoms with Crippen LogP contribution in [0, 0.1) is 5.82 Å². The van der Waals surface area contributed by atoms with Crippen molar-refractivity contribution in [3.8, 4) is 5.75 Å². The average molecular weight is 450 g/mol. The number of sulfonamides is 1. The molecule has 0 aliphatic carbocycles. The molecule has 0 bridgehead atoms. The number of anilines is 3. The molecule has 0 heterocycles. The van der Waals surface area contributed by atoms with Crippen LogP contribution in [0.5, 0.6) is 5.75 Å². The Morgan fingerprint density at radius 2 is 1.67 bits per heavy atom. The highest BCUT2D eigenvalue weighted by Crippen LogP contribution is 2.30. The van der Waals surface area contributed by atoms with Gasteiger partial charge in [-0.15, -0.1) is 0 Å². The minimum absolute atomic E-state index is 0.111. The first-order valence-corrected chi connectivity index (χ1v) is 10.4. The summed E-state index contributed by atoms with van der Waals surface area (Å²) in [4.78, 5) is 12.2. The van der Waals surface area contributed by atoms with E-state index < -0.39 is 21.9 Å². The predicted molar refractivity (Wildman–Crippen MR) is 114 cm³/mol. The van der Waals surface area contributed by atoms with Crippen molar-refractivity contribution in [2.24, 2.45) is 0 Å². The molecule has 7 nitrogen and oxygen atoms in total. The summed E-state index contributed by atoms with van der Waals surface area (Å²) in [5.41, 5.74) is 0.703. The number of hydrogen-bond acceptors (Lipinski definition) is 4. The summed E-state index contributed by atoms with van der Waals surface area (Å²) in [7, 11) is -2.60. The van der Waals surface area contributed by atoms with Gasteiger partial charge in [0.15, 0.2) is 0 Å². The molecule has 0 unspecified atom stereocenters. The van der Waals surface area contributed by atoms with Gasteiger partial charge in [-0.3, -0.25) is 4.72 Å². The lowest BCUT2D eigenvalue weighted by atomic mass is 10.3. The second kappa shape index (κ2) is 9.02. The number of methoxy groups -OCH3 is 1. The molecule has 3 aromatic rings. The fraction of sp³-hybridized carbons (Fsp3) is 0.0500. The second-order valence-electron chi connectivity index (χ2n) is 6.03. The highest BCUT2D eigenvalue weighted by Gasteiger charge is 2.19. The number of ether oxygens (including phenoxy) is 1.